The van der Waals surface area contributed by atoms with E-state index < -0.39 is 11.7 Å². The van der Waals surface area contributed by atoms with Gasteiger partial charge in [0.25, 0.3) is 0 Å². The number of hydrogen-bond acceptors (Lipinski definition) is 3. The summed E-state index contributed by atoms with van der Waals surface area (Å²) in [5.74, 6) is 0.526. The fourth-order valence-electron chi connectivity index (χ4n) is 1.51. The van der Waals surface area contributed by atoms with Crippen LogP contribution in [0.4, 0.5) is 13.2 Å². The first-order chi connectivity index (χ1) is 9.50. The molecule has 3 nitrogen and oxygen atoms in total. The van der Waals surface area contributed by atoms with E-state index in [1.165, 1.54) is 24.7 Å². The van der Waals surface area contributed by atoms with Crippen molar-refractivity contribution < 1.29 is 17.9 Å². The summed E-state index contributed by atoms with van der Waals surface area (Å²) in [5, 5.41) is 0. The van der Waals surface area contributed by atoms with Crippen LogP contribution >= 0.6 is 11.6 Å². The molecule has 1 aromatic heterocycles. The predicted molar refractivity (Wildman–Crippen MR) is 67.4 cm³/mol. The standard InChI is InChI=1S/C13H10ClF3N2O/c14-5-10-6-18-8-19-12(10)20-7-9-1-3-11(4-2-9)13(15,16)17/h1-4,6,8H,5,7H2. The number of nitrogens with zero attached hydrogens (tertiary/aromatic N) is 2. The van der Waals surface area contributed by atoms with Gasteiger partial charge in [-0.15, -0.1) is 11.6 Å². The molecule has 1 aromatic carbocycles. The third kappa shape index (κ3) is 3.60. The van der Waals surface area contributed by atoms with Gasteiger partial charge in [-0.1, -0.05) is 12.1 Å². The Bertz CT molecular complexity index is 573. The molecule has 0 spiro atoms. The third-order valence-corrected chi connectivity index (χ3v) is 2.84. The van der Waals surface area contributed by atoms with Crippen molar-refractivity contribution in [1.82, 2.24) is 9.97 Å². The van der Waals surface area contributed by atoms with E-state index in [1.807, 2.05) is 0 Å². The highest BCUT2D eigenvalue weighted by atomic mass is 35.5. The monoisotopic (exact) mass is 302 g/mol. The van der Waals surface area contributed by atoms with Crippen molar-refractivity contribution in [3.8, 4) is 5.88 Å². The second-order valence-corrected chi connectivity index (χ2v) is 4.24. The van der Waals surface area contributed by atoms with Crippen molar-refractivity contribution in [3.05, 3.63) is 53.5 Å². The number of rotatable bonds is 4. The smallest absolute Gasteiger partial charge is 0.416 e. The van der Waals surface area contributed by atoms with Crippen LogP contribution in [-0.2, 0) is 18.7 Å². The van der Waals surface area contributed by atoms with Crippen LogP contribution in [0, 0.1) is 0 Å². The zero-order chi connectivity index (χ0) is 14.6. The van der Waals surface area contributed by atoms with E-state index in [1.54, 1.807) is 0 Å². The van der Waals surface area contributed by atoms with Gasteiger partial charge >= 0.3 is 6.18 Å². The van der Waals surface area contributed by atoms with Gasteiger partial charge in [0.15, 0.2) is 0 Å². The molecule has 0 N–H and O–H groups in total. The summed E-state index contributed by atoms with van der Waals surface area (Å²) in [4.78, 5) is 7.73. The number of ether oxygens (including phenoxy) is 1. The molecule has 7 heteroatoms. The van der Waals surface area contributed by atoms with Gasteiger partial charge in [-0.2, -0.15) is 13.2 Å². The maximum Gasteiger partial charge on any atom is 0.416 e. The summed E-state index contributed by atoms with van der Waals surface area (Å²) < 4.78 is 42.6. The van der Waals surface area contributed by atoms with E-state index in [0.29, 0.717) is 17.0 Å². The predicted octanol–water partition coefficient (Wildman–Crippen LogP) is 3.81. The summed E-state index contributed by atoms with van der Waals surface area (Å²) >= 11 is 5.70. The molecule has 2 aromatic rings. The first-order valence-corrected chi connectivity index (χ1v) is 6.18. The van der Waals surface area contributed by atoms with E-state index in [4.69, 9.17) is 16.3 Å². The largest absolute Gasteiger partial charge is 0.472 e. The van der Waals surface area contributed by atoms with Crippen molar-refractivity contribution in [3.63, 3.8) is 0 Å². The summed E-state index contributed by atoms with van der Waals surface area (Å²) in [7, 11) is 0. The maximum absolute atomic E-state index is 12.4. The number of halogens is 4. The lowest BCUT2D eigenvalue weighted by molar-refractivity contribution is -0.137. The molecule has 0 bridgehead atoms. The minimum absolute atomic E-state index is 0.110. The topological polar surface area (TPSA) is 35.0 Å². The molecule has 0 saturated heterocycles. The first-order valence-electron chi connectivity index (χ1n) is 5.64. The van der Waals surface area contributed by atoms with Crippen LogP contribution < -0.4 is 4.74 Å². The fourth-order valence-corrected chi connectivity index (χ4v) is 1.69. The summed E-state index contributed by atoms with van der Waals surface area (Å²) in [6, 6.07) is 4.76. The zero-order valence-corrected chi connectivity index (χ0v) is 10.9. The van der Waals surface area contributed by atoms with Crippen molar-refractivity contribution in [2.24, 2.45) is 0 Å². The van der Waals surface area contributed by atoms with Gasteiger partial charge in [0, 0.05) is 11.8 Å². The highest BCUT2D eigenvalue weighted by Crippen LogP contribution is 2.29. The van der Waals surface area contributed by atoms with E-state index in [0.717, 1.165) is 12.1 Å². The number of hydrogen-bond donors (Lipinski definition) is 0. The minimum Gasteiger partial charge on any atom is -0.472 e. The zero-order valence-electron chi connectivity index (χ0n) is 10.2. The van der Waals surface area contributed by atoms with Gasteiger partial charge in [0.2, 0.25) is 5.88 Å². The molecule has 20 heavy (non-hydrogen) atoms. The second-order valence-electron chi connectivity index (χ2n) is 3.97. The van der Waals surface area contributed by atoms with Crippen LogP contribution in [0.3, 0.4) is 0 Å². The molecular weight excluding hydrogens is 293 g/mol. The Hall–Kier alpha value is -1.82. The van der Waals surface area contributed by atoms with E-state index in [2.05, 4.69) is 9.97 Å². The summed E-state index contributed by atoms with van der Waals surface area (Å²) in [5.41, 5.74) is 0.544. The minimum atomic E-state index is -4.34. The maximum atomic E-state index is 12.4. The van der Waals surface area contributed by atoms with Gasteiger partial charge in [-0.05, 0) is 17.7 Å². The number of alkyl halides is 4. The lowest BCUT2D eigenvalue weighted by Gasteiger charge is -2.09. The van der Waals surface area contributed by atoms with Gasteiger partial charge in [0.05, 0.1) is 11.4 Å². The van der Waals surface area contributed by atoms with Gasteiger partial charge in [0.1, 0.15) is 12.9 Å². The molecule has 0 unspecified atom stereocenters. The fraction of sp³-hybridized carbons (Fsp3) is 0.231. The highest BCUT2D eigenvalue weighted by Gasteiger charge is 2.29. The first kappa shape index (κ1) is 14.6. The lowest BCUT2D eigenvalue weighted by Crippen LogP contribution is -2.05. The van der Waals surface area contributed by atoms with Crippen molar-refractivity contribution in [2.45, 2.75) is 18.7 Å². The van der Waals surface area contributed by atoms with Gasteiger partial charge in [-0.25, -0.2) is 9.97 Å². The van der Waals surface area contributed by atoms with Crippen LogP contribution in [0.15, 0.2) is 36.8 Å². The molecule has 2 rings (SSSR count). The van der Waals surface area contributed by atoms with E-state index >= 15 is 0 Å². The Balaban J connectivity index is 2.04. The molecule has 0 aliphatic rings. The average Bonchev–Trinajstić information content (AvgIpc) is 2.45. The molecule has 0 saturated carbocycles. The molecule has 0 fully saturated rings. The van der Waals surface area contributed by atoms with Crippen LogP contribution in [0.5, 0.6) is 5.88 Å². The van der Waals surface area contributed by atoms with Gasteiger partial charge in [-0.3, -0.25) is 0 Å². The number of aromatic nitrogens is 2. The molecule has 0 radical (unpaired) electrons. The van der Waals surface area contributed by atoms with Gasteiger partial charge < -0.3 is 4.74 Å². The van der Waals surface area contributed by atoms with Crippen molar-refractivity contribution in [1.29, 1.82) is 0 Å². The Morgan fingerprint density at radius 1 is 1.15 bits per heavy atom. The summed E-state index contributed by atoms with van der Waals surface area (Å²) in [6.45, 7) is 0.110. The van der Waals surface area contributed by atoms with Crippen LogP contribution in [-0.4, -0.2) is 9.97 Å². The third-order valence-electron chi connectivity index (χ3n) is 2.55. The molecule has 0 amide bonds. The van der Waals surface area contributed by atoms with E-state index in [-0.39, 0.29) is 12.5 Å². The number of benzene rings is 1. The Morgan fingerprint density at radius 3 is 2.45 bits per heavy atom. The molecular formula is C13H10ClF3N2O. The van der Waals surface area contributed by atoms with Crippen molar-refractivity contribution >= 4 is 11.6 Å². The highest BCUT2D eigenvalue weighted by molar-refractivity contribution is 6.17. The average molecular weight is 303 g/mol. The quantitative estimate of drug-likeness (QED) is 0.806. The molecule has 0 aliphatic carbocycles. The Kier molecular flexibility index (Phi) is 4.44. The lowest BCUT2D eigenvalue weighted by atomic mass is 10.1. The molecule has 0 atom stereocenters. The van der Waals surface area contributed by atoms with Crippen LogP contribution in [0.2, 0.25) is 0 Å². The summed E-state index contributed by atoms with van der Waals surface area (Å²) in [6.07, 6.45) is -1.49. The van der Waals surface area contributed by atoms with Crippen LogP contribution in [0.25, 0.3) is 0 Å². The van der Waals surface area contributed by atoms with Crippen LogP contribution in [0.1, 0.15) is 16.7 Å². The van der Waals surface area contributed by atoms with E-state index in [9.17, 15) is 13.2 Å². The second kappa shape index (κ2) is 6.09. The SMILES string of the molecule is FC(F)(F)c1ccc(COc2ncncc2CCl)cc1. The molecule has 106 valence electrons. The molecule has 1 heterocycles. The van der Waals surface area contributed by atoms with Crippen molar-refractivity contribution in [2.75, 3.05) is 0 Å². The molecule has 0 aliphatic heterocycles. The Morgan fingerprint density at radius 2 is 1.85 bits per heavy atom. The Labute approximate surface area is 118 Å². The normalized spacial score (nSPS) is 11.4.